The summed E-state index contributed by atoms with van der Waals surface area (Å²) in [4.78, 5) is 29.6. The average Bonchev–Trinajstić information content (AvgIpc) is 2.68. The molecule has 1 aliphatic heterocycles. The first-order valence-electron chi connectivity index (χ1n) is 8.53. The van der Waals surface area contributed by atoms with Crippen LogP contribution in [-0.4, -0.2) is 40.8 Å². The number of pyridine rings is 1. The maximum atomic E-state index is 12.5. The van der Waals surface area contributed by atoms with Gasteiger partial charge in [0.2, 0.25) is 0 Å². The van der Waals surface area contributed by atoms with Gasteiger partial charge in [0.15, 0.2) is 0 Å². The highest BCUT2D eigenvalue weighted by Gasteiger charge is 2.32. The zero-order valence-electron chi connectivity index (χ0n) is 14.4. The van der Waals surface area contributed by atoms with Gasteiger partial charge in [-0.2, -0.15) is 13.2 Å². The highest BCUT2D eigenvalue weighted by molar-refractivity contribution is 5.95. The second-order valence-electron chi connectivity index (χ2n) is 6.34. The molecule has 2 aromatic rings. The summed E-state index contributed by atoms with van der Waals surface area (Å²) in [5, 5.41) is 2.79. The number of carbonyl (C=O) groups is 2. The molecule has 0 atom stereocenters. The van der Waals surface area contributed by atoms with E-state index >= 15 is 0 Å². The fraction of sp³-hybridized carbons (Fsp3) is 0.316. The van der Waals surface area contributed by atoms with Crippen LogP contribution in [0.15, 0.2) is 48.7 Å². The van der Waals surface area contributed by atoms with Crippen molar-refractivity contribution in [1.82, 2.24) is 15.2 Å². The van der Waals surface area contributed by atoms with Gasteiger partial charge in [0.1, 0.15) is 5.69 Å². The number of rotatable bonds is 3. The lowest BCUT2D eigenvalue weighted by Gasteiger charge is -2.32. The van der Waals surface area contributed by atoms with Crippen LogP contribution in [0.1, 0.15) is 39.3 Å². The second-order valence-corrected chi connectivity index (χ2v) is 6.34. The van der Waals surface area contributed by atoms with Crippen molar-refractivity contribution in [1.29, 1.82) is 0 Å². The summed E-state index contributed by atoms with van der Waals surface area (Å²) in [6.07, 6.45) is -2.45. The van der Waals surface area contributed by atoms with Crippen LogP contribution in [0, 0.1) is 0 Å². The quantitative estimate of drug-likeness (QED) is 0.894. The monoisotopic (exact) mass is 377 g/mol. The van der Waals surface area contributed by atoms with Crippen molar-refractivity contribution >= 4 is 11.8 Å². The first-order valence-corrected chi connectivity index (χ1v) is 8.53. The zero-order valence-corrected chi connectivity index (χ0v) is 14.4. The molecule has 5 nitrogen and oxygen atoms in total. The van der Waals surface area contributed by atoms with E-state index in [-0.39, 0.29) is 17.5 Å². The van der Waals surface area contributed by atoms with Gasteiger partial charge in [0.25, 0.3) is 11.8 Å². The summed E-state index contributed by atoms with van der Waals surface area (Å²) >= 11 is 0. The number of alkyl halides is 3. The maximum absolute atomic E-state index is 12.5. The minimum absolute atomic E-state index is 0.0488. The zero-order chi connectivity index (χ0) is 19.4. The van der Waals surface area contributed by atoms with Gasteiger partial charge in [-0.15, -0.1) is 0 Å². The number of likely N-dealkylation sites (tertiary alicyclic amines) is 1. The van der Waals surface area contributed by atoms with Gasteiger partial charge >= 0.3 is 6.18 Å². The minimum atomic E-state index is -4.53. The molecule has 0 aliphatic carbocycles. The standard InChI is InChI=1S/C19H18F3N3O2/c20-19(21,22)16-7-6-14(12-23-16)17(26)24-15-8-10-25(11-9-15)18(27)13-4-2-1-3-5-13/h1-7,12,15H,8-11H2,(H,24,26). The number of piperidine rings is 1. The molecule has 0 bridgehead atoms. The van der Waals surface area contributed by atoms with E-state index in [0.29, 0.717) is 31.5 Å². The summed E-state index contributed by atoms with van der Waals surface area (Å²) < 4.78 is 37.6. The van der Waals surface area contributed by atoms with Crippen LogP contribution in [0.4, 0.5) is 13.2 Å². The van der Waals surface area contributed by atoms with Crippen LogP contribution in [0.3, 0.4) is 0 Å². The molecule has 1 fully saturated rings. The molecule has 142 valence electrons. The topological polar surface area (TPSA) is 62.3 Å². The Hall–Kier alpha value is -2.90. The summed E-state index contributed by atoms with van der Waals surface area (Å²) in [6.45, 7) is 1.01. The van der Waals surface area contributed by atoms with Gasteiger partial charge in [-0.3, -0.25) is 14.6 Å². The summed E-state index contributed by atoms with van der Waals surface area (Å²) in [5.41, 5.74) is -0.339. The van der Waals surface area contributed by atoms with Crippen LogP contribution < -0.4 is 5.32 Å². The molecule has 27 heavy (non-hydrogen) atoms. The Bertz CT molecular complexity index is 799. The normalized spacial score (nSPS) is 15.4. The van der Waals surface area contributed by atoms with Crippen molar-refractivity contribution < 1.29 is 22.8 Å². The molecule has 1 N–H and O–H groups in total. The number of benzene rings is 1. The molecule has 3 rings (SSSR count). The maximum Gasteiger partial charge on any atom is 0.433 e. The Kier molecular flexibility index (Phi) is 5.43. The first-order chi connectivity index (χ1) is 12.8. The molecule has 1 aromatic heterocycles. The van der Waals surface area contributed by atoms with Crippen molar-refractivity contribution in [2.75, 3.05) is 13.1 Å². The SMILES string of the molecule is O=C(NC1CCN(C(=O)c2ccccc2)CC1)c1ccc(C(F)(F)F)nc1. The number of nitrogens with one attached hydrogen (secondary N) is 1. The fourth-order valence-electron chi connectivity index (χ4n) is 2.95. The van der Waals surface area contributed by atoms with Gasteiger partial charge in [-0.25, -0.2) is 0 Å². The Balaban J connectivity index is 1.53. The summed E-state index contributed by atoms with van der Waals surface area (Å²) in [6, 6.07) is 10.7. The molecular formula is C19H18F3N3O2. The van der Waals surface area contributed by atoms with Crippen LogP contribution in [0.5, 0.6) is 0 Å². The summed E-state index contributed by atoms with van der Waals surface area (Å²) in [7, 11) is 0. The number of amides is 2. The second kappa shape index (κ2) is 7.77. The van der Waals surface area contributed by atoms with Gasteiger partial charge in [0, 0.05) is 30.9 Å². The van der Waals surface area contributed by atoms with E-state index in [1.54, 1.807) is 29.2 Å². The van der Waals surface area contributed by atoms with Gasteiger partial charge in [0.05, 0.1) is 5.56 Å². The third kappa shape index (κ3) is 4.64. The average molecular weight is 377 g/mol. The molecule has 2 amide bonds. The Morgan fingerprint density at radius 3 is 2.22 bits per heavy atom. The van der Waals surface area contributed by atoms with Gasteiger partial charge in [-0.05, 0) is 37.1 Å². The lowest BCUT2D eigenvalue weighted by molar-refractivity contribution is -0.141. The van der Waals surface area contributed by atoms with Crippen molar-refractivity contribution in [3.8, 4) is 0 Å². The van der Waals surface area contributed by atoms with E-state index in [0.717, 1.165) is 18.3 Å². The van der Waals surface area contributed by atoms with Crippen molar-refractivity contribution in [3.05, 3.63) is 65.5 Å². The van der Waals surface area contributed by atoms with E-state index < -0.39 is 17.8 Å². The molecule has 0 spiro atoms. The molecule has 0 unspecified atom stereocenters. The molecule has 1 aromatic carbocycles. The van der Waals surface area contributed by atoms with Crippen LogP contribution in [-0.2, 0) is 6.18 Å². The van der Waals surface area contributed by atoms with Gasteiger partial charge in [-0.1, -0.05) is 18.2 Å². The number of hydrogen-bond donors (Lipinski definition) is 1. The number of halogens is 3. The molecule has 0 saturated carbocycles. The molecular weight excluding hydrogens is 359 g/mol. The predicted molar refractivity (Wildman–Crippen MR) is 92.1 cm³/mol. The highest BCUT2D eigenvalue weighted by atomic mass is 19.4. The minimum Gasteiger partial charge on any atom is -0.349 e. The highest BCUT2D eigenvalue weighted by Crippen LogP contribution is 2.27. The van der Waals surface area contributed by atoms with Crippen molar-refractivity contribution in [2.24, 2.45) is 0 Å². The third-order valence-corrected chi connectivity index (χ3v) is 4.45. The number of carbonyl (C=O) groups excluding carboxylic acids is 2. The first kappa shape index (κ1) is 18.9. The molecule has 0 radical (unpaired) electrons. The number of aromatic nitrogens is 1. The predicted octanol–water partition coefficient (Wildman–Crippen LogP) is 3.14. The van der Waals surface area contributed by atoms with E-state index in [9.17, 15) is 22.8 Å². The van der Waals surface area contributed by atoms with E-state index in [4.69, 9.17) is 0 Å². The Labute approximate surface area is 154 Å². The van der Waals surface area contributed by atoms with E-state index in [1.807, 2.05) is 6.07 Å². The molecule has 8 heteroatoms. The Morgan fingerprint density at radius 2 is 1.67 bits per heavy atom. The lowest BCUT2D eigenvalue weighted by atomic mass is 10.0. The lowest BCUT2D eigenvalue weighted by Crippen LogP contribution is -2.46. The smallest absolute Gasteiger partial charge is 0.349 e. The van der Waals surface area contributed by atoms with Crippen LogP contribution in [0.2, 0.25) is 0 Å². The van der Waals surface area contributed by atoms with Gasteiger partial charge < -0.3 is 10.2 Å². The molecule has 2 heterocycles. The molecule has 1 saturated heterocycles. The van der Waals surface area contributed by atoms with E-state index in [2.05, 4.69) is 10.3 Å². The van der Waals surface area contributed by atoms with Crippen molar-refractivity contribution in [2.45, 2.75) is 25.1 Å². The Morgan fingerprint density at radius 1 is 1.00 bits per heavy atom. The fourth-order valence-corrected chi connectivity index (χ4v) is 2.95. The van der Waals surface area contributed by atoms with Crippen LogP contribution in [0.25, 0.3) is 0 Å². The number of nitrogens with zero attached hydrogens (tertiary/aromatic N) is 2. The summed E-state index contributed by atoms with van der Waals surface area (Å²) in [5.74, 6) is -0.517. The molecule has 1 aliphatic rings. The largest absolute Gasteiger partial charge is 0.433 e. The number of hydrogen-bond acceptors (Lipinski definition) is 3. The van der Waals surface area contributed by atoms with Crippen LogP contribution >= 0.6 is 0 Å². The van der Waals surface area contributed by atoms with Crippen molar-refractivity contribution in [3.63, 3.8) is 0 Å². The third-order valence-electron chi connectivity index (χ3n) is 4.45. The van der Waals surface area contributed by atoms with E-state index in [1.165, 1.54) is 0 Å².